The Kier molecular flexibility index (Phi) is 5.23. The minimum absolute atomic E-state index is 0.224. The van der Waals surface area contributed by atoms with Crippen LogP contribution >= 0.6 is 0 Å². The number of nitrogens with one attached hydrogen (secondary N) is 1. The van der Waals surface area contributed by atoms with Gasteiger partial charge < -0.3 is 10.1 Å². The summed E-state index contributed by atoms with van der Waals surface area (Å²) in [6, 6.07) is 8.61. The van der Waals surface area contributed by atoms with E-state index in [0.717, 1.165) is 5.75 Å². The molecule has 0 fully saturated rings. The van der Waals surface area contributed by atoms with Crippen molar-refractivity contribution in [1.29, 1.82) is 0 Å². The van der Waals surface area contributed by atoms with E-state index in [0.29, 0.717) is 6.04 Å². The van der Waals surface area contributed by atoms with E-state index in [2.05, 4.69) is 37.4 Å². The van der Waals surface area contributed by atoms with Crippen LogP contribution in [-0.4, -0.2) is 19.2 Å². The van der Waals surface area contributed by atoms with Crippen molar-refractivity contribution in [3.05, 3.63) is 35.4 Å². The van der Waals surface area contributed by atoms with Crippen LogP contribution in [0, 0.1) is 0 Å². The molecule has 17 heavy (non-hydrogen) atoms. The SMILES string of the molecule is CNC(C)/C(C)=C/c1ccc(OC(C)C)cc1. The first-order chi connectivity index (χ1) is 8.02. The van der Waals surface area contributed by atoms with Crippen molar-refractivity contribution in [2.45, 2.75) is 39.8 Å². The molecule has 0 spiro atoms. The van der Waals surface area contributed by atoms with Gasteiger partial charge in [0.05, 0.1) is 6.10 Å². The molecule has 0 heterocycles. The molecule has 1 unspecified atom stereocenters. The summed E-state index contributed by atoms with van der Waals surface area (Å²) in [6.45, 7) is 8.36. The van der Waals surface area contributed by atoms with Gasteiger partial charge in [0.25, 0.3) is 0 Å². The van der Waals surface area contributed by atoms with Crippen molar-refractivity contribution in [3.63, 3.8) is 0 Å². The van der Waals surface area contributed by atoms with Crippen LogP contribution in [0.2, 0.25) is 0 Å². The van der Waals surface area contributed by atoms with E-state index in [-0.39, 0.29) is 6.10 Å². The van der Waals surface area contributed by atoms with Crippen molar-refractivity contribution >= 4 is 6.08 Å². The standard InChI is InChI=1S/C15H23NO/c1-11(2)17-15-8-6-14(7-9-15)10-12(3)13(4)16-5/h6-11,13,16H,1-5H3/b12-10+. The molecule has 0 aliphatic rings. The molecule has 1 atom stereocenters. The predicted molar refractivity (Wildman–Crippen MR) is 74.4 cm³/mol. The lowest BCUT2D eigenvalue weighted by Crippen LogP contribution is -2.21. The highest BCUT2D eigenvalue weighted by Crippen LogP contribution is 2.16. The smallest absolute Gasteiger partial charge is 0.119 e. The Balaban J connectivity index is 2.74. The Morgan fingerprint density at radius 1 is 1.18 bits per heavy atom. The summed E-state index contributed by atoms with van der Waals surface area (Å²) >= 11 is 0. The molecule has 0 amide bonds. The third kappa shape index (κ3) is 4.61. The van der Waals surface area contributed by atoms with E-state index >= 15 is 0 Å². The highest BCUT2D eigenvalue weighted by Gasteiger charge is 2.01. The van der Waals surface area contributed by atoms with Gasteiger partial charge in [0.15, 0.2) is 0 Å². The summed E-state index contributed by atoms with van der Waals surface area (Å²) in [6.07, 6.45) is 2.42. The van der Waals surface area contributed by atoms with Gasteiger partial charge in [0.2, 0.25) is 0 Å². The molecule has 1 rings (SSSR count). The predicted octanol–water partition coefficient (Wildman–Crippen LogP) is 3.49. The van der Waals surface area contributed by atoms with Crippen molar-refractivity contribution in [3.8, 4) is 5.75 Å². The fourth-order valence-corrected chi connectivity index (χ4v) is 1.53. The molecular weight excluding hydrogens is 210 g/mol. The molecule has 1 aromatic rings. The van der Waals surface area contributed by atoms with Crippen LogP contribution in [-0.2, 0) is 0 Å². The van der Waals surface area contributed by atoms with Gasteiger partial charge in [0, 0.05) is 6.04 Å². The molecule has 1 aromatic carbocycles. The third-order valence-electron chi connectivity index (χ3n) is 2.76. The number of ether oxygens (including phenoxy) is 1. The van der Waals surface area contributed by atoms with Gasteiger partial charge in [0.1, 0.15) is 5.75 Å². The second kappa shape index (κ2) is 6.45. The van der Waals surface area contributed by atoms with Crippen molar-refractivity contribution in [2.75, 3.05) is 7.05 Å². The zero-order valence-electron chi connectivity index (χ0n) is 11.4. The first kappa shape index (κ1) is 13.8. The van der Waals surface area contributed by atoms with Crippen molar-refractivity contribution in [1.82, 2.24) is 5.32 Å². The quantitative estimate of drug-likeness (QED) is 0.840. The summed E-state index contributed by atoms with van der Waals surface area (Å²) in [5, 5.41) is 3.23. The summed E-state index contributed by atoms with van der Waals surface area (Å²) < 4.78 is 5.61. The number of hydrogen-bond donors (Lipinski definition) is 1. The molecule has 0 radical (unpaired) electrons. The topological polar surface area (TPSA) is 21.3 Å². The Morgan fingerprint density at radius 3 is 2.24 bits per heavy atom. The normalized spacial score (nSPS) is 13.9. The van der Waals surface area contributed by atoms with Crippen molar-refractivity contribution < 1.29 is 4.74 Å². The molecule has 0 bridgehead atoms. The van der Waals surface area contributed by atoms with E-state index in [1.165, 1.54) is 11.1 Å². The van der Waals surface area contributed by atoms with Gasteiger partial charge in [-0.1, -0.05) is 23.8 Å². The minimum atomic E-state index is 0.224. The average molecular weight is 233 g/mol. The molecule has 2 heteroatoms. The fraction of sp³-hybridized carbons (Fsp3) is 0.467. The number of rotatable bonds is 5. The second-order valence-corrected chi connectivity index (χ2v) is 4.63. The first-order valence-electron chi connectivity index (χ1n) is 6.15. The number of likely N-dealkylation sites (N-methyl/N-ethyl adjacent to an activating group) is 1. The summed E-state index contributed by atoms with van der Waals surface area (Å²) in [5.41, 5.74) is 2.53. The van der Waals surface area contributed by atoms with E-state index in [9.17, 15) is 0 Å². The first-order valence-corrected chi connectivity index (χ1v) is 6.15. The Labute approximate surface area is 105 Å². The number of benzene rings is 1. The van der Waals surface area contributed by atoms with Crippen LogP contribution < -0.4 is 10.1 Å². The maximum Gasteiger partial charge on any atom is 0.119 e. The van der Waals surface area contributed by atoms with Gasteiger partial charge >= 0.3 is 0 Å². The van der Waals surface area contributed by atoms with E-state index in [1.54, 1.807) is 0 Å². The maximum absolute atomic E-state index is 5.61. The average Bonchev–Trinajstić information content (AvgIpc) is 2.30. The lowest BCUT2D eigenvalue weighted by atomic mass is 10.1. The third-order valence-corrected chi connectivity index (χ3v) is 2.76. The highest BCUT2D eigenvalue weighted by molar-refractivity contribution is 5.54. The summed E-state index contributed by atoms with van der Waals surface area (Å²) in [5.74, 6) is 0.927. The van der Waals surface area contributed by atoms with E-state index in [1.807, 2.05) is 33.0 Å². The molecule has 0 aliphatic heterocycles. The van der Waals surface area contributed by atoms with E-state index < -0.39 is 0 Å². The van der Waals surface area contributed by atoms with Gasteiger partial charge in [-0.3, -0.25) is 0 Å². The van der Waals surface area contributed by atoms with E-state index in [4.69, 9.17) is 4.74 Å². The van der Waals surface area contributed by atoms with Crippen LogP contribution in [0.3, 0.4) is 0 Å². The second-order valence-electron chi connectivity index (χ2n) is 4.63. The molecule has 0 saturated heterocycles. The molecule has 0 aliphatic carbocycles. The van der Waals surface area contributed by atoms with Gasteiger partial charge in [-0.05, 0) is 52.4 Å². The lowest BCUT2D eigenvalue weighted by Gasteiger charge is -2.11. The minimum Gasteiger partial charge on any atom is -0.491 e. The van der Waals surface area contributed by atoms with Crippen LogP contribution in [0.25, 0.3) is 6.08 Å². The van der Waals surface area contributed by atoms with Crippen LogP contribution in [0.15, 0.2) is 29.8 Å². The molecular formula is C15H23NO. The monoisotopic (exact) mass is 233 g/mol. The maximum atomic E-state index is 5.61. The summed E-state index contributed by atoms with van der Waals surface area (Å²) in [7, 11) is 1.97. The number of hydrogen-bond acceptors (Lipinski definition) is 2. The lowest BCUT2D eigenvalue weighted by molar-refractivity contribution is 0.242. The summed E-state index contributed by atoms with van der Waals surface area (Å²) in [4.78, 5) is 0. The molecule has 1 N–H and O–H groups in total. The van der Waals surface area contributed by atoms with Gasteiger partial charge in [-0.15, -0.1) is 0 Å². The molecule has 0 aromatic heterocycles. The zero-order valence-corrected chi connectivity index (χ0v) is 11.4. The molecule has 94 valence electrons. The van der Waals surface area contributed by atoms with Crippen LogP contribution in [0.5, 0.6) is 5.75 Å². The highest BCUT2D eigenvalue weighted by atomic mass is 16.5. The van der Waals surface area contributed by atoms with Crippen LogP contribution in [0.1, 0.15) is 33.3 Å². The Hall–Kier alpha value is -1.28. The van der Waals surface area contributed by atoms with Crippen LogP contribution in [0.4, 0.5) is 0 Å². The van der Waals surface area contributed by atoms with Gasteiger partial charge in [-0.25, -0.2) is 0 Å². The molecule has 2 nitrogen and oxygen atoms in total. The Bertz CT molecular complexity index is 365. The fourth-order valence-electron chi connectivity index (χ4n) is 1.53. The van der Waals surface area contributed by atoms with Crippen molar-refractivity contribution in [2.24, 2.45) is 0 Å². The Morgan fingerprint density at radius 2 is 1.76 bits per heavy atom. The zero-order chi connectivity index (χ0) is 12.8. The molecule has 0 saturated carbocycles. The largest absolute Gasteiger partial charge is 0.491 e. The van der Waals surface area contributed by atoms with Gasteiger partial charge in [-0.2, -0.15) is 0 Å².